The first-order valence-electron chi connectivity index (χ1n) is 6.24. The van der Waals surface area contributed by atoms with Gasteiger partial charge in [-0.25, -0.2) is 4.98 Å². The molecule has 0 saturated heterocycles. The summed E-state index contributed by atoms with van der Waals surface area (Å²) in [6.45, 7) is 8.93. The lowest BCUT2D eigenvalue weighted by molar-refractivity contribution is 0.218. The van der Waals surface area contributed by atoms with Crippen LogP contribution in [0, 0.1) is 0 Å². The van der Waals surface area contributed by atoms with E-state index in [0.717, 1.165) is 26.2 Å². The molecule has 0 unspecified atom stereocenters. The molecule has 0 fully saturated rings. The zero-order valence-corrected chi connectivity index (χ0v) is 11.1. The minimum atomic E-state index is 0.692. The summed E-state index contributed by atoms with van der Waals surface area (Å²) in [5.74, 6) is 0.713. The molecule has 1 aromatic rings. The van der Waals surface area contributed by atoms with E-state index in [1.165, 1.54) is 5.56 Å². The average Bonchev–Trinajstić information content (AvgIpc) is 2.36. The summed E-state index contributed by atoms with van der Waals surface area (Å²) in [6, 6.07) is 3.98. The van der Waals surface area contributed by atoms with Gasteiger partial charge in [0.2, 0.25) is 5.88 Å². The zero-order valence-electron chi connectivity index (χ0n) is 11.1. The lowest BCUT2D eigenvalue weighted by atomic mass is 10.3. The Balaban J connectivity index is 2.38. The molecule has 0 bridgehead atoms. The predicted molar refractivity (Wildman–Crippen MR) is 70.3 cm³/mol. The van der Waals surface area contributed by atoms with Crippen LogP contribution in [-0.2, 0) is 6.54 Å². The van der Waals surface area contributed by atoms with Gasteiger partial charge in [0, 0.05) is 25.4 Å². The first-order valence-corrected chi connectivity index (χ1v) is 6.24. The Morgan fingerprint density at radius 3 is 2.76 bits per heavy atom. The Morgan fingerprint density at radius 1 is 1.35 bits per heavy atom. The van der Waals surface area contributed by atoms with Crippen LogP contribution in [0.25, 0.3) is 0 Å². The molecule has 4 nitrogen and oxygen atoms in total. The molecule has 1 aromatic heterocycles. The predicted octanol–water partition coefficient (Wildman–Crippen LogP) is 1.52. The van der Waals surface area contributed by atoms with Crippen LogP contribution in [0.15, 0.2) is 18.3 Å². The van der Waals surface area contributed by atoms with E-state index in [4.69, 9.17) is 4.74 Å². The normalized spacial score (nSPS) is 10.8. The van der Waals surface area contributed by atoms with Gasteiger partial charge in [-0.05, 0) is 31.8 Å². The van der Waals surface area contributed by atoms with Gasteiger partial charge in [-0.3, -0.25) is 0 Å². The third-order valence-electron chi connectivity index (χ3n) is 2.73. The first kappa shape index (κ1) is 13.9. The van der Waals surface area contributed by atoms with Crippen molar-refractivity contribution in [2.45, 2.75) is 20.4 Å². The molecule has 1 N–H and O–H groups in total. The number of hydrogen-bond donors (Lipinski definition) is 1. The van der Waals surface area contributed by atoms with Crippen molar-refractivity contribution in [1.29, 1.82) is 0 Å². The molecule has 0 aliphatic heterocycles. The number of nitrogens with one attached hydrogen (secondary N) is 1. The quantitative estimate of drug-likeness (QED) is 0.744. The fourth-order valence-electron chi connectivity index (χ4n) is 1.66. The highest BCUT2D eigenvalue weighted by atomic mass is 16.5. The molecule has 0 aliphatic rings. The monoisotopic (exact) mass is 237 g/mol. The van der Waals surface area contributed by atoms with Crippen molar-refractivity contribution in [3.63, 3.8) is 0 Å². The lowest BCUT2D eigenvalue weighted by Gasteiger charge is -2.17. The van der Waals surface area contributed by atoms with Gasteiger partial charge in [0.05, 0.1) is 0 Å². The number of aromatic nitrogens is 1. The van der Waals surface area contributed by atoms with Crippen LogP contribution in [0.2, 0.25) is 0 Å². The molecular weight excluding hydrogens is 214 g/mol. The maximum absolute atomic E-state index is 5.65. The maximum atomic E-state index is 5.65. The van der Waals surface area contributed by atoms with Gasteiger partial charge in [0.1, 0.15) is 6.61 Å². The molecule has 96 valence electrons. The Bertz CT molecular complexity index is 313. The van der Waals surface area contributed by atoms with Crippen LogP contribution in [0.3, 0.4) is 0 Å². The van der Waals surface area contributed by atoms with Crippen molar-refractivity contribution in [3.05, 3.63) is 23.9 Å². The summed E-state index contributed by atoms with van der Waals surface area (Å²) >= 11 is 0. The molecule has 0 saturated carbocycles. The number of nitrogens with zero attached hydrogens (tertiary/aromatic N) is 2. The molecule has 0 radical (unpaired) electrons. The van der Waals surface area contributed by atoms with Crippen molar-refractivity contribution < 1.29 is 4.74 Å². The van der Waals surface area contributed by atoms with Gasteiger partial charge in [-0.2, -0.15) is 0 Å². The molecule has 0 aliphatic carbocycles. The van der Waals surface area contributed by atoms with E-state index in [0.29, 0.717) is 12.5 Å². The highest BCUT2D eigenvalue weighted by molar-refractivity contribution is 5.20. The summed E-state index contributed by atoms with van der Waals surface area (Å²) in [6.07, 6.45) is 1.79. The number of likely N-dealkylation sites (N-methyl/N-ethyl adjacent to an activating group) is 1. The third kappa shape index (κ3) is 5.15. The molecule has 17 heavy (non-hydrogen) atoms. The van der Waals surface area contributed by atoms with Gasteiger partial charge in [0.25, 0.3) is 0 Å². The molecule has 0 amide bonds. The van der Waals surface area contributed by atoms with Crippen molar-refractivity contribution in [1.82, 2.24) is 15.2 Å². The summed E-state index contributed by atoms with van der Waals surface area (Å²) < 4.78 is 5.65. The van der Waals surface area contributed by atoms with Crippen molar-refractivity contribution in [2.24, 2.45) is 0 Å². The molecule has 1 rings (SSSR count). The van der Waals surface area contributed by atoms with Gasteiger partial charge >= 0.3 is 0 Å². The standard InChI is InChI=1S/C13H23N3O/c1-4-16(5-2)8-9-17-13-10-12(11-14-3)6-7-15-13/h6-7,10,14H,4-5,8-9,11H2,1-3H3. The third-order valence-corrected chi connectivity index (χ3v) is 2.73. The minimum absolute atomic E-state index is 0.692. The van der Waals surface area contributed by atoms with E-state index in [2.05, 4.69) is 29.0 Å². The van der Waals surface area contributed by atoms with Gasteiger partial charge in [-0.1, -0.05) is 13.8 Å². The number of ether oxygens (including phenoxy) is 1. The first-order chi connectivity index (χ1) is 8.30. The summed E-state index contributed by atoms with van der Waals surface area (Å²) in [5, 5.41) is 3.11. The molecule has 0 atom stereocenters. The smallest absolute Gasteiger partial charge is 0.213 e. The van der Waals surface area contributed by atoms with E-state index in [9.17, 15) is 0 Å². The average molecular weight is 237 g/mol. The van der Waals surface area contributed by atoms with Crippen LogP contribution in [0.5, 0.6) is 5.88 Å². The number of rotatable bonds is 8. The second-order valence-corrected chi connectivity index (χ2v) is 3.91. The number of hydrogen-bond acceptors (Lipinski definition) is 4. The highest BCUT2D eigenvalue weighted by Crippen LogP contribution is 2.08. The summed E-state index contributed by atoms with van der Waals surface area (Å²) in [4.78, 5) is 6.53. The van der Waals surface area contributed by atoms with E-state index >= 15 is 0 Å². The second-order valence-electron chi connectivity index (χ2n) is 3.91. The summed E-state index contributed by atoms with van der Waals surface area (Å²) in [7, 11) is 1.93. The van der Waals surface area contributed by atoms with Crippen LogP contribution in [0.1, 0.15) is 19.4 Å². The van der Waals surface area contributed by atoms with Crippen LogP contribution < -0.4 is 10.1 Å². The number of pyridine rings is 1. The topological polar surface area (TPSA) is 37.4 Å². The van der Waals surface area contributed by atoms with E-state index in [-0.39, 0.29) is 0 Å². The van der Waals surface area contributed by atoms with Gasteiger partial charge in [0.15, 0.2) is 0 Å². The molecular formula is C13H23N3O. The van der Waals surface area contributed by atoms with E-state index in [1.54, 1.807) is 6.20 Å². The highest BCUT2D eigenvalue weighted by Gasteiger charge is 2.01. The largest absolute Gasteiger partial charge is 0.476 e. The van der Waals surface area contributed by atoms with Crippen molar-refractivity contribution >= 4 is 0 Å². The molecule has 0 aromatic carbocycles. The Morgan fingerprint density at radius 2 is 2.12 bits per heavy atom. The fraction of sp³-hybridized carbons (Fsp3) is 0.615. The maximum Gasteiger partial charge on any atom is 0.213 e. The SMILES string of the molecule is CCN(CC)CCOc1cc(CNC)ccn1. The Labute approximate surface area is 104 Å². The summed E-state index contributed by atoms with van der Waals surface area (Å²) in [5.41, 5.74) is 1.19. The van der Waals surface area contributed by atoms with Crippen LogP contribution >= 0.6 is 0 Å². The second kappa shape index (κ2) is 8.03. The fourth-order valence-corrected chi connectivity index (χ4v) is 1.66. The molecule has 0 spiro atoms. The van der Waals surface area contributed by atoms with Crippen molar-refractivity contribution in [2.75, 3.05) is 33.3 Å². The van der Waals surface area contributed by atoms with E-state index in [1.807, 2.05) is 19.2 Å². The van der Waals surface area contributed by atoms with Gasteiger partial charge < -0.3 is 15.0 Å². The molecule has 4 heteroatoms. The Kier molecular flexibility index (Phi) is 6.58. The van der Waals surface area contributed by atoms with Gasteiger partial charge in [-0.15, -0.1) is 0 Å². The van der Waals surface area contributed by atoms with E-state index < -0.39 is 0 Å². The lowest BCUT2D eigenvalue weighted by Crippen LogP contribution is -2.28. The molecule has 1 heterocycles. The zero-order chi connectivity index (χ0) is 12.5. The van der Waals surface area contributed by atoms with Crippen LogP contribution in [-0.4, -0.2) is 43.2 Å². The van der Waals surface area contributed by atoms with Crippen LogP contribution in [0.4, 0.5) is 0 Å². The van der Waals surface area contributed by atoms with Crippen molar-refractivity contribution in [3.8, 4) is 5.88 Å². The minimum Gasteiger partial charge on any atom is -0.476 e. The Hall–Kier alpha value is -1.13.